The molecule has 0 saturated carbocycles. The smallest absolute Gasteiger partial charge is 0.128 e. The van der Waals surface area contributed by atoms with E-state index in [0.717, 1.165) is 22.6 Å². The summed E-state index contributed by atoms with van der Waals surface area (Å²) in [5.41, 5.74) is 5.83. The minimum atomic E-state index is 0.521. The van der Waals surface area contributed by atoms with Crippen molar-refractivity contribution in [1.82, 2.24) is 0 Å². The van der Waals surface area contributed by atoms with Crippen LogP contribution in [0, 0.1) is 0 Å². The highest BCUT2D eigenvalue weighted by Gasteiger charge is 2.01. The van der Waals surface area contributed by atoms with Crippen molar-refractivity contribution in [3.63, 3.8) is 0 Å². The Bertz CT molecular complexity index is 819. The lowest BCUT2D eigenvalue weighted by atomic mass is 10.2. The maximum absolute atomic E-state index is 5.95. The summed E-state index contributed by atoms with van der Waals surface area (Å²) in [7, 11) is 0. The Kier molecular flexibility index (Phi) is 5.48. The average Bonchev–Trinajstić information content (AvgIpc) is 2.62. The second kappa shape index (κ2) is 8.18. The second-order valence-electron chi connectivity index (χ2n) is 5.19. The van der Waals surface area contributed by atoms with Crippen molar-refractivity contribution in [3.8, 4) is 5.75 Å². The Hall–Kier alpha value is -2.78. The van der Waals surface area contributed by atoms with Crippen LogP contribution in [0.25, 0.3) is 0 Å². The van der Waals surface area contributed by atoms with Crippen LogP contribution in [-0.4, -0.2) is 6.21 Å². The monoisotopic (exact) mass is 336 g/mol. The van der Waals surface area contributed by atoms with E-state index in [1.54, 1.807) is 6.21 Å². The number of ether oxygens (including phenoxy) is 1. The summed E-state index contributed by atoms with van der Waals surface area (Å²) in [4.78, 5) is 0. The zero-order valence-electron chi connectivity index (χ0n) is 13.0. The maximum atomic E-state index is 5.95. The van der Waals surface area contributed by atoms with Gasteiger partial charge in [0.05, 0.1) is 11.9 Å². The zero-order valence-corrected chi connectivity index (χ0v) is 13.8. The van der Waals surface area contributed by atoms with Gasteiger partial charge in [0.25, 0.3) is 0 Å². The molecule has 0 aliphatic heterocycles. The summed E-state index contributed by atoms with van der Waals surface area (Å²) in [5, 5.41) is 4.92. The molecule has 0 atom stereocenters. The number of rotatable bonds is 6. The highest BCUT2D eigenvalue weighted by Crippen LogP contribution is 2.18. The van der Waals surface area contributed by atoms with E-state index in [9.17, 15) is 0 Å². The fourth-order valence-corrected chi connectivity index (χ4v) is 2.38. The number of hydrogen-bond acceptors (Lipinski definition) is 3. The predicted molar refractivity (Wildman–Crippen MR) is 99.9 cm³/mol. The normalized spacial score (nSPS) is 10.7. The van der Waals surface area contributed by atoms with E-state index in [1.807, 2.05) is 78.9 Å². The molecule has 0 aromatic heterocycles. The summed E-state index contributed by atoms with van der Waals surface area (Å²) in [6, 6.07) is 25.3. The Labute approximate surface area is 146 Å². The molecule has 0 heterocycles. The second-order valence-corrected chi connectivity index (χ2v) is 5.63. The molecular formula is C20H17ClN2O. The molecular weight excluding hydrogens is 320 g/mol. The number of nitrogens with one attached hydrogen (secondary N) is 1. The highest BCUT2D eigenvalue weighted by molar-refractivity contribution is 6.30. The van der Waals surface area contributed by atoms with Crippen molar-refractivity contribution in [2.75, 3.05) is 5.43 Å². The van der Waals surface area contributed by atoms with Gasteiger partial charge in [0, 0.05) is 10.6 Å². The molecule has 0 amide bonds. The number of benzene rings is 3. The standard InChI is InChI=1S/C20H17ClN2O/c21-18-10-6-11-19(13-18)23-22-14-17-9-4-5-12-20(17)24-15-16-7-2-1-3-8-16/h1-14,23H,15H2/b22-14-. The van der Waals surface area contributed by atoms with Crippen LogP contribution in [0.3, 0.4) is 0 Å². The van der Waals surface area contributed by atoms with Gasteiger partial charge in [-0.25, -0.2) is 0 Å². The van der Waals surface area contributed by atoms with Gasteiger partial charge >= 0.3 is 0 Å². The third-order valence-corrected chi connectivity index (χ3v) is 3.61. The van der Waals surface area contributed by atoms with Crippen molar-refractivity contribution in [2.24, 2.45) is 5.10 Å². The van der Waals surface area contributed by atoms with Gasteiger partial charge in [0.1, 0.15) is 12.4 Å². The molecule has 0 radical (unpaired) electrons. The van der Waals surface area contributed by atoms with Crippen molar-refractivity contribution >= 4 is 23.5 Å². The molecule has 0 spiro atoms. The molecule has 3 aromatic rings. The summed E-state index contributed by atoms with van der Waals surface area (Å²) in [6.07, 6.45) is 1.74. The summed E-state index contributed by atoms with van der Waals surface area (Å²) in [5.74, 6) is 0.790. The molecule has 0 bridgehead atoms. The van der Waals surface area contributed by atoms with Crippen LogP contribution in [0.4, 0.5) is 5.69 Å². The summed E-state index contributed by atoms with van der Waals surface area (Å²) in [6.45, 7) is 0.521. The first-order valence-electron chi connectivity index (χ1n) is 7.62. The van der Waals surface area contributed by atoms with Crippen LogP contribution in [0.2, 0.25) is 5.02 Å². The number of halogens is 1. The Balaban J connectivity index is 1.66. The first kappa shape index (κ1) is 16.1. The van der Waals surface area contributed by atoms with E-state index in [1.165, 1.54) is 0 Å². The van der Waals surface area contributed by atoms with E-state index < -0.39 is 0 Å². The predicted octanol–water partition coefficient (Wildman–Crippen LogP) is 5.37. The summed E-state index contributed by atoms with van der Waals surface area (Å²) >= 11 is 5.95. The molecule has 0 fully saturated rings. The van der Waals surface area contributed by atoms with E-state index in [4.69, 9.17) is 16.3 Å². The third kappa shape index (κ3) is 4.61. The molecule has 3 nitrogen and oxygen atoms in total. The van der Waals surface area contributed by atoms with Gasteiger partial charge in [-0.1, -0.05) is 60.1 Å². The number of nitrogens with zero attached hydrogens (tertiary/aromatic N) is 1. The Morgan fingerprint density at radius 3 is 2.54 bits per heavy atom. The van der Waals surface area contributed by atoms with E-state index in [2.05, 4.69) is 10.5 Å². The van der Waals surface area contributed by atoms with Gasteiger partial charge in [-0.05, 0) is 35.9 Å². The Morgan fingerprint density at radius 2 is 1.71 bits per heavy atom. The zero-order chi connectivity index (χ0) is 16.6. The number of hydrogen-bond donors (Lipinski definition) is 1. The average molecular weight is 337 g/mol. The van der Waals surface area contributed by atoms with Crippen molar-refractivity contribution in [3.05, 3.63) is 95.0 Å². The van der Waals surface area contributed by atoms with Gasteiger partial charge in [0.2, 0.25) is 0 Å². The quantitative estimate of drug-likeness (QED) is 0.485. The fourth-order valence-electron chi connectivity index (χ4n) is 2.19. The lowest BCUT2D eigenvalue weighted by Crippen LogP contribution is -1.99. The molecule has 0 aliphatic carbocycles. The van der Waals surface area contributed by atoms with Crippen LogP contribution in [-0.2, 0) is 6.61 Å². The van der Waals surface area contributed by atoms with E-state index in [-0.39, 0.29) is 0 Å². The van der Waals surface area contributed by atoms with Crippen LogP contribution in [0.5, 0.6) is 5.75 Å². The van der Waals surface area contributed by atoms with Gasteiger partial charge in [-0.15, -0.1) is 0 Å². The van der Waals surface area contributed by atoms with Crippen molar-refractivity contribution in [1.29, 1.82) is 0 Å². The largest absolute Gasteiger partial charge is 0.488 e. The topological polar surface area (TPSA) is 33.6 Å². The molecule has 0 aliphatic rings. The number of para-hydroxylation sites is 1. The van der Waals surface area contributed by atoms with Crippen LogP contribution < -0.4 is 10.2 Å². The van der Waals surface area contributed by atoms with Crippen LogP contribution in [0.15, 0.2) is 84.0 Å². The highest BCUT2D eigenvalue weighted by atomic mass is 35.5. The van der Waals surface area contributed by atoms with Gasteiger partial charge in [-0.3, -0.25) is 5.43 Å². The van der Waals surface area contributed by atoms with E-state index >= 15 is 0 Å². The van der Waals surface area contributed by atoms with E-state index in [0.29, 0.717) is 11.6 Å². The maximum Gasteiger partial charge on any atom is 0.128 e. The third-order valence-electron chi connectivity index (χ3n) is 3.38. The first-order chi connectivity index (χ1) is 11.8. The molecule has 24 heavy (non-hydrogen) atoms. The van der Waals surface area contributed by atoms with Crippen LogP contribution >= 0.6 is 11.6 Å². The van der Waals surface area contributed by atoms with Crippen LogP contribution in [0.1, 0.15) is 11.1 Å². The number of anilines is 1. The molecule has 0 saturated heterocycles. The molecule has 0 unspecified atom stereocenters. The number of hydrazone groups is 1. The molecule has 4 heteroatoms. The molecule has 3 rings (SSSR count). The molecule has 3 aromatic carbocycles. The van der Waals surface area contributed by atoms with Crippen molar-refractivity contribution in [2.45, 2.75) is 6.61 Å². The molecule has 120 valence electrons. The van der Waals surface area contributed by atoms with Crippen molar-refractivity contribution < 1.29 is 4.74 Å². The SMILES string of the molecule is Clc1cccc(N/N=C\c2ccccc2OCc2ccccc2)c1. The first-order valence-corrected chi connectivity index (χ1v) is 7.99. The molecule has 1 N–H and O–H groups in total. The van der Waals surface area contributed by atoms with Gasteiger partial charge in [-0.2, -0.15) is 5.10 Å². The fraction of sp³-hybridized carbons (Fsp3) is 0.0500. The summed E-state index contributed by atoms with van der Waals surface area (Å²) < 4.78 is 5.90. The van der Waals surface area contributed by atoms with Gasteiger partial charge in [0.15, 0.2) is 0 Å². The minimum absolute atomic E-state index is 0.521. The lowest BCUT2D eigenvalue weighted by Gasteiger charge is -2.09. The minimum Gasteiger partial charge on any atom is -0.488 e. The lowest BCUT2D eigenvalue weighted by molar-refractivity contribution is 0.306. The Morgan fingerprint density at radius 1 is 0.917 bits per heavy atom. The van der Waals surface area contributed by atoms with Gasteiger partial charge < -0.3 is 4.74 Å².